The van der Waals surface area contributed by atoms with Crippen LogP contribution >= 0.6 is 11.6 Å². The zero-order chi connectivity index (χ0) is 18.6. The third-order valence-electron chi connectivity index (χ3n) is 4.21. The predicted molar refractivity (Wildman–Crippen MR) is 103 cm³/mol. The Kier molecular flexibility index (Phi) is 4.98. The smallest absolute Gasteiger partial charge is 0.255 e. The Labute approximate surface area is 161 Å². The Morgan fingerprint density at radius 1 is 1.15 bits per heavy atom. The van der Waals surface area contributed by atoms with Crippen molar-refractivity contribution in [3.05, 3.63) is 71.0 Å². The molecule has 138 valence electrons. The van der Waals surface area contributed by atoms with Gasteiger partial charge in [-0.25, -0.2) is 0 Å². The van der Waals surface area contributed by atoms with Crippen LogP contribution in [-0.4, -0.2) is 28.9 Å². The summed E-state index contributed by atoms with van der Waals surface area (Å²) in [6.45, 7) is 1.81. The van der Waals surface area contributed by atoms with E-state index in [1.165, 1.54) is 0 Å². The number of rotatable bonds is 4. The van der Waals surface area contributed by atoms with Crippen molar-refractivity contribution in [3.63, 3.8) is 0 Å². The molecule has 0 saturated carbocycles. The molecule has 0 unspecified atom stereocenters. The first kappa shape index (κ1) is 17.4. The maximum absolute atomic E-state index is 12.6. The summed E-state index contributed by atoms with van der Waals surface area (Å²) in [5, 5.41) is 7.42. The maximum Gasteiger partial charge on any atom is 0.255 e. The van der Waals surface area contributed by atoms with Gasteiger partial charge >= 0.3 is 0 Å². The van der Waals surface area contributed by atoms with E-state index in [1.54, 1.807) is 30.5 Å². The molecule has 4 rings (SSSR count). The van der Waals surface area contributed by atoms with Crippen molar-refractivity contribution in [2.75, 3.05) is 18.5 Å². The minimum absolute atomic E-state index is 0.239. The highest BCUT2D eigenvalue weighted by atomic mass is 35.5. The van der Waals surface area contributed by atoms with Gasteiger partial charge in [0.05, 0.1) is 30.5 Å². The van der Waals surface area contributed by atoms with Crippen molar-refractivity contribution in [2.24, 2.45) is 0 Å². The van der Waals surface area contributed by atoms with Crippen LogP contribution in [0.5, 0.6) is 11.5 Å². The zero-order valence-electron chi connectivity index (χ0n) is 14.5. The SMILES string of the molecule is O=C(Nc1cc2c(cc1Cl)OCCCO2)c1ccc(Cn2cccn2)cc1. The normalized spacial score (nSPS) is 13.1. The predicted octanol–water partition coefficient (Wildman–Crippen LogP) is 4.00. The fourth-order valence-corrected chi connectivity index (χ4v) is 3.02. The van der Waals surface area contributed by atoms with Crippen LogP contribution in [0, 0.1) is 0 Å². The van der Waals surface area contributed by atoms with Gasteiger partial charge in [-0.05, 0) is 23.8 Å². The van der Waals surface area contributed by atoms with E-state index in [-0.39, 0.29) is 5.91 Å². The molecule has 1 N–H and O–H groups in total. The highest BCUT2D eigenvalue weighted by molar-refractivity contribution is 6.34. The molecule has 2 heterocycles. The first-order valence-electron chi connectivity index (χ1n) is 8.66. The number of benzene rings is 2. The van der Waals surface area contributed by atoms with E-state index in [1.807, 2.05) is 29.1 Å². The molecule has 0 bridgehead atoms. The molecule has 0 aliphatic carbocycles. The standard InChI is InChI=1S/C20H18ClN3O3/c21-16-11-18-19(27-10-2-9-26-18)12-17(16)23-20(25)15-5-3-14(4-6-15)13-24-8-1-7-22-24/h1,3-8,11-12H,2,9-10,13H2,(H,23,25). The van der Waals surface area contributed by atoms with Crippen LogP contribution in [-0.2, 0) is 6.54 Å². The third kappa shape index (κ3) is 4.06. The molecule has 1 aromatic heterocycles. The first-order valence-corrected chi connectivity index (χ1v) is 9.04. The quantitative estimate of drug-likeness (QED) is 0.739. The highest BCUT2D eigenvalue weighted by Crippen LogP contribution is 2.37. The fraction of sp³-hybridized carbons (Fsp3) is 0.200. The molecule has 0 atom stereocenters. The number of carbonyl (C=O) groups excluding carboxylic acids is 1. The second-order valence-corrected chi connectivity index (χ2v) is 6.59. The molecule has 0 saturated heterocycles. The van der Waals surface area contributed by atoms with Crippen LogP contribution in [0.3, 0.4) is 0 Å². The van der Waals surface area contributed by atoms with Crippen molar-refractivity contribution >= 4 is 23.2 Å². The van der Waals surface area contributed by atoms with E-state index in [0.717, 1.165) is 12.0 Å². The topological polar surface area (TPSA) is 65.4 Å². The third-order valence-corrected chi connectivity index (χ3v) is 4.52. The number of nitrogens with zero attached hydrogens (tertiary/aromatic N) is 2. The van der Waals surface area contributed by atoms with Gasteiger partial charge in [0.15, 0.2) is 11.5 Å². The molecule has 7 heteroatoms. The van der Waals surface area contributed by atoms with Gasteiger partial charge in [-0.1, -0.05) is 23.7 Å². The number of aromatic nitrogens is 2. The number of amides is 1. The van der Waals surface area contributed by atoms with E-state index in [2.05, 4.69) is 10.4 Å². The summed E-state index contributed by atoms with van der Waals surface area (Å²) < 4.78 is 13.1. The van der Waals surface area contributed by atoms with E-state index in [0.29, 0.717) is 47.5 Å². The Bertz CT molecular complexity index is 940. The number of hydrogen-bond acceptors (Lipinski definition) is 4. The van der Waals surface area contributed by atoms with E-state index in [4.69, 9.17) is 21.1 Å². The lowest BCUT2D eigenvalue weighted by Crippen LogP contribution is -2.12. The number of halogens is 1. The van der Waals surface area contributed by atoms with Gasteiger partial charge in [0, 0.05) is 36.5 Å². The van der Waals surface area contributed by atoms with Crippen LogP contribution < -0.4 is 14.8 Å². The number of fused-ring (bicyclic) bond motifs is 1. The lowest BCUT2D eigenvalue weighted by molar-refractivity contribution is 0.102. The largest absolute Gasteiger partial charge is 0.490 e. The number of nitrogens with one attached hydrogen (secondary N) is 1. The number of hydrogen-bond donors (Lipinski definition) is 1. The Hall–Kier alpha value is -2.99. The Morgan fingerprint density at radius 2 is 1.89 bits per heavy atom. The molecule has 1 aliphatic rings. The van der Waals surface area contributed by atoms with Crippen LogP contribution in [0.2, 0.25) is 5.02 Å². The summed E-state index contributed by atoms with van der Waals surface area (Å²) >= 11 is 6.29. The molecule has 1 amide bonds. The van der Waals surface area contributed by atoms with Gasteiger partial charge in [0.25, 0.3) is 5.91 Å². The molecule has 3 aromatic rings. The molecular formula is C20H18ClN3O3. The number of anilines is 1. The summed E-state index contributed by atoms with van der Waals surface area (Å²) in [5.74, 6) is 0.942. The highest BCUT2D eigenvalue weighted by Gasteiger charge is 2.16. The summed E-state index contributed by atoms with van der Waals surface area (Å²) in [5.41, 5.74) is 2.10. The molecule has 27 heavy (non-hydrogen) atoms. The second kappa shape index (κ2) is 7.72. The molecule has 0 spiro atoms. The fourth-order valence-electron chi connectivity index (χ4n) is 2.82. The molecule has 0 radical (unpaired) electrons. The minimum Gasteiger partial charge on any atom is -0.490 e. The first-order chi connectivity index (χ1) is 13.2. The minimum atomic E-state index is -0.239. The molecule has 6 nitrogen and oxygen atoms in total. The summed E-state index contributed by atoms with van der Waals surface area (Å²) in [6, 6.07) is 12.6. The van der Waals surface area contributed by atoms with Crippen LogP contribution in [0.1, 0.15) is 22.3 Å². The van der Waals surface area contributed by atoms with E-state index < -0.39 is 0 Å². The van der Waals surface area contributed by atoms with Crippen molar-refractivity contribution in [1.29, 1.82) is 0 Å². The summed E-state index contributed by atoms with van der Waals surface area (Å²) in [4.78, 5) is 12.6. The second-order valence-electron chi connectivity index (χ2n) is 6.18. The van der Waals surface area contributed by atoms with Crippen molar-refractivity contribution < 1.29 is 14.3 Å². The maximum atomic E-state index is 12.6. The van der Waals surface area contributed by atoms with Gasteiger partial charge < -0.3 is 14.8 Å². The van der Waals surface area contributed by atoms with Gasteiger partial charge in [0.2, 0.25) is 0 Å². The van der Waals surface area contributed by atoms with E-state index >= 15 is 0 Å². The molecule has 2 aromatic carbocycles. The van der Waals surface area contributed by atoms with Gasteiger partial charge in [-0.2, -0.15) is 5.10 Å². The molecule has 1 aliphatic heterocycles. The van der Waals surface area contributed by atoms with Crippen molar-refractivity contribution in [3.8, 4) is 11.5 Å². The molecule has 0 fully saturated rings. The summed E-state index contributed by atoms with van der Waals surface area (Å²) in [7, 11) is 0. The van der Waals surface area contributed by atoms with Crippen molar-refractivity contribution in [1.82, 2.24) is 9.78 Å². The van der Waals surface area contributed by atoms with E-state index in [9.17, 15) is 4.79 Å². The summed E-state index contributed by atoms with van der Waals surface area (Å²) in [6.07, 6.45) is 4.44. The average Bonchev–Trinajstić information content (AvgIpc) is 3.07. The Balaban J connectivity index is 1.48. The average molecular weight is 384 g/mol. The van der Waals surface area contributed by atoms with Gasteiger partial charge in [-0.3, -0.25) is 9.48 Å². The Morgan fingerprint density at radius 3 is 2.59 bits per heavy atom. The lowest BCUT2D eigenvalue weighted by Gasteiger charge is -2.12. The lowest BCUT2D eigenvalue weighted by atomic mass is 10.1. The van der Waals surface area contributed by atoms with Crippen LogP contribution in [0.4, 0.5) is 5.69 Å². The van der Waals surface area contributed by atoms with Gasteiger partial charge in [0.1, 0.15) is 0 Å². The van der Waals surface area contributed by atoms with Gasteiger partial charge in [-0.15, -0.1) is 0 Å². The monoisotopic (exact) mass is 383 g/mol. The van der Waals surface area contributed by atoms with Crippen molar-refractivity contribution in [2.45, 2.75) is 13.0 Å². The number of ether oxygens (including phenoxy) is 2. The van der Waals surface area contributed by atoms with Crippen LogP contribution in [0.25, 0.3) is 0 Å². The van der Waals surface area contributed by atoms with Crippen LogP contribution in [0.15, 0.2) is 54.9 Å². The molecular weight excluding hydrogens is 366 g/mol. The number of carbonyl (C=O) groups is 1. The zero-order valence-corrected chi connectivity index (χ0v) is 15.3.